The number of nitrogens with zero attached hydrogens (tertiary/aromatic N) is 2. The van der Waals surface area contributed by atoms with Gasteiger partial charge >= 0.3 is 0 Å². The Morgan fingerprint density at radius 1 is 1.07 bits per heavy atom. The number of aromatic nitrogens is 2. The van der Waals surface area contributed by atoms with E-state index >= 15 is 0 Å². The van der Waals surface area contributed by atoms with Gasteiger partial charge in [-0.15, -0.1) is 0 Å². The first-order valence-electron chi connectivity index (χ1n) is 10.3. The minimum absolute atomic E-state index is 0.0919. The fourth-order valence-electron chi connectivity index (χ4n) is 4.80. The number of aromatic hydroxyl groups is 1. The Kier molecular flexibility index (Phi) is 4.10. The highest BCUT2D eigenvalue weighted by Crippen LogP contribution is 2.51. The molecule has 2 aliphatic rings. The predicted octanol–water partition coefficient (Wildman–Crippen LogP) is 5.20. The third kappa shape index (κ3) is 2.93. The summed E-state index contributed by atoms with van der Waals surface area (Å²) in [5, 5.41) is 18.2. The van der Waals surface area contributed by atoms with Crippen molar-refractivity contribution >= 4 is 17.2 Å². The molecule has 1 unspecified atom stereocenters. The number of para-hydroxylation sites is 1. The molecule has 0 spiro atoms. The summed E-state index contributed by atoms with van der Waals surface area (Å²) in [7, 11) is 0. The highest BCUT2D eigenvalue weighted by molar-refractivity contribution is 6.09. The summed E-state index contributed by atoms with van der Waals surface area (Å²) in [6.45, 7) is 6.32. The fourth-order valence-corrected chi connectivity index (χ4v) is 4.80. The molecule has 2 N–H and O–H groups in total. The van der Waals surface area contributed by atoms with Crippen LogP contribution in [0, 0.1) is 12.3 Å². The van der Waals surface area contributed by atoms with Crippen LogP contribution in [0.25, 0.3) is 11.3 Å². The third-order valence-corrected chi connectivity index (χ3v) is 6.08. The number of hydrogen-bond acceptors (Lipinski definition) is 4. The van der Waals surface area contributed by atoms with Crippen molar-refractivity contribution in [2.24, 2.45) is 5.41 Å². The number of phenols is 1. The molecule has 1 atom stereocenters. The zero-order valence-corrected chi connectivity index (χ0v) is 17.4. The van der Waals surface area contributed by atoms with Gasteiger partial charge in [0.25, 0.3) is 0 Å². The standard InChI is InChI=1S/C25H25N3O2/c1-15-21-19-13-25(2,3)14-20(30)22(19)23(16-9-11-18(29)12-10-16)26-24(21)28(27-15)17-7-5-4-6-8-17/h4-12,23,26,29H,13-14H2,1-3H3. The highest BCUT2D eigenvalue weighted by Gasteiger charge is 2.42. The summed E-state index contributed by atoms with van der Waals surface area (Å²) >= 11 is 0. The van der Waals surface area contributed by atoms with Crippen molar-refractivity contribution in [3.63, 3.8) is 0 Å². The topological polar surface area (TPSA) is 67.2 Å². The van der Waals surface area contributed by atoms with Crippen molar-refractivity contribution in [2.75, 3.05) is 5.32 Å². The first kappa shape index (κ1) is 18.7. The van der Waals surface area contributed by atoms with Crippen LogP contribution >= 0.6 is 0 Å². The number of hydrogen-bond donors (Lipinski definition) is 2. The number of fused-ring (bicyclic) bond motifs is 2. The molecule has 1 aliphatic heterocycles. The molecule has 3 aromatic rings. The Balaban J connectivity index is 1.75. The molecular formula is C25H25N3O2. The normalized spacial score (nSPS) is 19.8. The molecule has 0 saturated heterocycles. The average molecular weight is 399 g/mol. The Morgan fingerprint density at radius 3 is 2.47 bits per heavy atom. The van der Waals surface area contributed by atoms with E-state index in [1.54, 1.807) is 12.1 Å². The molecule has 152 valence electrons. The van der Waals surface area contributed by atoms with Gasteiger partial charge in [-0.25, -0.2) is 4.68 Å². The largest absolute Gasteiger partial charge is 0.508 e. The molecule has 1 aromatic heterocycles. The van der Waals surface area contributed by atoms with E-state index in [1.807, 2.05) is 54.1 Å². The lowest BCUT2D eigenvalue weighted by Crippen LogP contribution is -2.33. The van der Waals surface area contributed by atoms with Gasteiger partial charge in [-0.1, -0.05) is 44.2 Å². The van der Waals surface area contributed by atoms with E-state index in [4.69, 9.17) is 5.10 Å². The molecule has 0 bridgehead atoms. The number of anilines is 1. The lowest BCUT2D eigenvalue weighted by atomic mass is 9.68. The number of nitrogens with one attached hydrogen (secondary N) is 1. The van der Waals surface area contributed by atoms with Crippen molar-refractivity contribution in [3.05, 3.63) is 77.0 Å². The van der Waals surface area contributed by atoms with Gasteiger partial charge in [0.05, 0.1) is 17.4 Å². The number of allylic oxidation sites excluding steroid dienone is 1. The monoisotopic (exact) mass is 399 g/mol. The second-order valence-electron chi connectivity index (χ2n) is 9.06. The summed E-state index contributed by atoms with van der Waals surface area (Å²) < 4.78 is 1.94. The number of rotatable bonds is 2. The summed E-state index contributed by atoms with van der Waals surface area (Å²) in [4.78, 5) is 13.3. The van der Waals surface area contributed by atoms with E-state index in [2.05, 4.69) is 19.2 Å². The van der Waals surface area contributed by atoms with Crippen molar-refractivity contribution in [2.45, 2.75) is 39.7 Å². The lowest BCUT2D eigenvalue weighted by molar-refractivity contribution is -0.118. The van der Waals surface area contributed by atoms with Gasteiger partial charge in [-0.05, 0) is 54.2 Å². The van der Waals surface area contributed by atoms with Crippen molar-refractivity contribution in [1.29, 1.82) is 0 Å². The smallest absolute Gasteiger partial charge is 0.162 e. The number of carbonyl (C=O) groups excluding carboxylic acids is 1. The van der Waals surface area contributed by atoms with Crippen LogP contribution in [0.5, 0.6) is 5.75 Å². The van der Waals surface area contributed by atoms with Crippen LogP contribution in [0.15, 0.2) is 60.2 Å². The van der Waals surface area contributed by atoms with Crippen LogP contribution in [0.2, 0.25) is 0 Å². The van der Waals surface area contributed by atoms with E-state index in [-0.39, 0.29) is 23.0 Å². The van der Waals surface area contributed by atoms with Crippen molar-refractivity contribution in [3.8, 4) is 11.4 Å². The SMILES string of the molecule is Cc1nn(-c2ccccc2)c2c1C1=C(C(=O)CC(C)(C)C1)C(c1ccc(O)cc1)N2. The molecular weight excluding hydrogens is 374 g/mol. The number of aryl methyl sites for hydroxylation is 1. The Bertz CT molecular complexity index is 1170. The highest BCUT2D eigenvalue weighted by atomic mass is 16.3. The van der Waals surface area contributed by atoms with Gasteiger partial charge in [-0.2, -0.15) is 5.10 Å². The molecule has 0 fully saturated rings. The zero-order chi connectivity index (χ0) is 21.0. The Morgan fingerprint density at radius 2 is 1.77 bits per heavy atom. The Labute approximate surface area is 176 Å². The maximum absolute atomic E-state index is 13.3. The molecule has 5 rings (SSSR count). The minimum atomic E-state index is -0.268. The number of benzene rings is 2. The van der Waals surface area contributed by atoms with Crippen LogP contribution < -0.4 is 5.32 Å². The maximum atomic E-state index is 13.3. The number of Topliss-reactive ketones (excluding diaryl/α,β-unsaturated/α-hetero) is 1. The van der Waals surface area contributed by atoms with Gasteiger partial charge in [0.1, 0.15) is 11.6 Å². The lowest BCUT2D eigenvalue weighted by Gasteiger charge is -2.39. The van der Waals surface area contributed by atoms with Crippen LogP contribution in [0.4, 0.5) is 5.82 Å². The van der Waals surface area contributed by atoms with E-state index < -0.39 is 0 Å². The average Bonchev–Trinajstić information content (AvgIpc) is 3.04. The third-order valence-electron chi connectivity index (χ3n) is 6.08. The summed E-state index contributed by atoms with van der Waals surface area (Å²) in [6, 6.07) is 16.9. The summed E-state index contributed by atoms with van der Waals surface area (Å²) in [6.07, 6.45) is 1.36. The van der Waals surface area contributed by atoms with E-state index in [1.165, 1.54) is 0 Å². The maximum Gasteiger partial charge on any atom is 0.162 e. The zero-order valence-electron chi connectivity index (χ0n) is 17.4. The van der Waals surface area contributed by atoms with E-state index in [0.29, 0.717) is 6.42 Å². The van der Waals surface area contributed by atoms with Gasteiger partial charge in [0.15, 0.2) is 5.78 Å². The molecule has 2 heterocycles. The molecule has 0 amide bonds. The van der Waals surface area contributed by atoms with Crippen LogP contribution in [-0.2, 0) is 4.79 Å². The second kappa shape index (κ2) is 6.59. The predicted molar refractivity (Wildman–Crippen MR) is 118 cm³/mol. The second-order valence-corrected chi connectivity index (χ2v) is 9.06. The summed E-state index contributed by atoms with van der Waals surface area (Å²) in [5.74, 6) is 1.32. The van der Waals surface area contributed by atoms with Gasteiger partial charge < -0.3 is 10.4 Å². The van der Waals surface area contributed by atoms with Crippen LogP contribution in [0.3, 0.4) is 0 Å². The molecule has 0 radical (unpaired) electrons. The first-order chi connectivity index (χ1) is 14.3. The van der Waals surface area contributed by atoms with Crippen LogP contribution in [-0.4, -0.2) is 20.7 Å². The van der Waals surface area contributed by atoms with Crippen molar-refractivity contribution < 1.29 is 9.90 Å². The van der Waals surface area contributed by atoms with Gasteiger partial charge in [0.2, 0.25) is 0 Å². The molecule has 1 aliphatic carbocycles. The molecule has 2 aromatic carbocycles. The van der Waals surface area contributed by atoms with E-state index in [9.17, 15) is 9.90 Å². The number of ketones is 1. The molecule has 5 nitrogen and oxygen atoms in total. The fraction of sp³-hybridized carbons (Fsp3) is 0.280. The first-order valence-corrected chi connectivity index (χ1v) is 10.3. The minimum Gasteiger partial charge on any atom is -0.508 e. The Hall–Kier alpha value is -3.34. The van der Waals surface area contributed by atoms with Gasteiger partial charge in [-0.3, -0.25) is 4.79 Å². The quantitative estimate of drug-likeness (QED) is 0.622. The molecule has 30 heavy (non-hydrogen) atoms. The molecule has 0 saturated carbocycles. The van der Waals surface area contributed by atoms with E-state index in [0.717, 1.165) is 45.9 Å². The number of carbonyl (C=O) groups is 1. The van der Waals surface area contributed by atoms with Crippen LogP contribution in [0.1, 0.15) is 49.6 Å². The number of phenolic OH excluding ortho intramolecular Hbond substituents is 1. The molecule has 5 heteroatoms. The summed E-state index contributed by atoms with van der Waals surface area (Å²) in [5.41, 5.74) is 5.74. The van der Waals surface area contributed by atoms with Gasteiger partial charge in [0, 0.05) is 17.6 Å². The van der Waals surface area contributed by atoms with Crippen molar-refractivity contribution in [1.82, 2.24) is 9.78 Å².